The molecule has 0 saturated carbocycles. The molecule has 2 N–H and O–H groups in total. The highest BCUT2D eigenvalue weighted by molar-refractivity contribution is 7.89. The Balaban J connectivity index is 2.17. The van der Waals surface area contributed by atoms with Crippen LogP contribution in [0.4, 0.5) is 8.78 Å². The smallest absolute Gasteiger partial charge is 0.244 e. The lowest BCUT2D eigenvalue weighted by Crippen LogP contribution is -2.37. The largest absolute Gasteiger partial charge is 0.387 e. The van der Waals surface area contributed by atoms with E-state index in [0.29, 0.717) is 0 Å². The summed E-state index contributed by atoms with van der Waals surface area (Å²) in [5.41, 5.74) is 0.0697. The number of aliphatic hydroxyl groups excluding tert-OH is 1. The molecule has 1 heterocycles. The first-order valence-corrected chi connectivity index (χ1v) is 7.83. The molecule has 2 rings (SSSR count). The van der Waals surface area contributed by atoms with Crippen LogP contribution in [0, 0.1) is 11.6 Å². The van der Waals surface area contributed by atoms with Crippen molar-refractivity contribution in [1.82, 2.24) is 14.5 Å². The quantitative estimate of drug-likeness (QED) is 0.859. The number of hydrogen-bond donors (Lipinski definition) is 2. The van der Waals surface area contributed by atoms with Crippen molar-refractivity contribution in [2.24, 2.45) is 7.05 Å². The van der Waals surface area contributed by atoms with Crippen molar-refractivity contribution < 1.29 is 22.3 Å². The molecule has 1 aromatic carbocycles. The molecule has 2 atom stereocenters. The van der Waals surface area contributed by atoms with Gasteiger partial charge in [-0.15, -0.1) is 0 Å². The minimum atomic E-state index is -3.87. The highest BCUT2D eigenvalue weighted by Crippen LogP contribution is 2.20. The van der Waals surface area contributed by atoms with Crippen LogP contribution in [0.5, 0.6) is 0 Å². The summed E-state index contributed by atoms with van der Waals surface area (Å²) in [5.74, 6) is -2.15. The third-order valence-corrected chi connectivity index (χ3v) is 4.60. The molecule has 0 radical (unpaired) electrons. The fourth-order valence-electron chi connectivity index (χ4n) is 1.90. The van der Waals surface area contributed by atoms with E-state index in [1.807, 2.05) is 0 Å². The monoisotopic (exact) mass is 331 g/mol. The Hall–Kier alpha value is -1.84. The van der Waals surface area contributed by atoms with Crippen LogP contribution in [0.25, 0.3) is 0 Å². The summed E-state index contributed by atoms with van der Waals surface area (Å²) in [6, 6.07) is 1.94. The number of aromatic nitrogens is 2. The Morgan fingerprint density at radius 1 is 1.32 bits per heavy atom. The molecular weight excluding hydrogens is 316 g/mol. The van der Waals surface area contributed by atoms with Crippen molar-refractivity contribution in [3.8, 4) is 0 Å². The number of halogens is 2. The van der Waals surface area contributed by atoms with E-state index in [9.17, 15) is 22.3 Å². The third kappa shape index (κ3) is 3.49. The third-order valence-electron chi connectivity index (χ3n) is 3.09. The normalized spacial score (nSPS) is 14.8. The number of rotatable bonds is 5. The maximum Gasteiger partial charge on any atom is 0.244 e. The van der Waals surface area contributed by atoms with Crippen molar-refractivity contribution >= 4 is 10.0 Å². The van der Waals surface area contributed by atoms with Gasteiger partial charge in [0, 0.05) is 19.3 Å². The van der Waals surface area contributed by atoms with Gasteiger partial charge in [-0.1, -0.05) is 6.07 Å². The van der Waals surface area contributed by atoms with Gasteiger partial charge >= 0.3 is 0 Å². The Bertz CT molecular complexity index is 777. The van der Waals surface area contributed by atoms with Crippen molar-refractivity contribution in [2.45, 2.75) is 24.0 Å². The van der Waals surface area contributed by atoms with Crippen molar-refractivity contribution in [2.75, 3.05) is 0 Å². The maximum absolute atomic E-state index is 13.2. The number of hydrogen-bond acceptors (Lipinski definition) is 4. The Morgan fingerprint density at radius 2 is 2.00 bits per heavy atom. The number of nitrogens with zero attached hydrogens (tertiary/aromatic N) is 2. The number of sulfonamides is 1. The first kappa shape index (κ1) is 16.5. The Kier molecular flexibility index (Phi) is 4.59. The molecular formula is C13H15F2N3O3S. The molecule has 2 aromatic rings. The van der Waals surface area contributed by atoms with Gasteiger partial charge in [-0.2, -0.15) is 5.10 Å². The van der Waals surface area contributed by atoms with Crippen LogP contribution in [0.15, 0.2) is 35.5 Å². The molecule has 0 amide bonds. The van der Waals surface area contributed by atoms with Gasteiger partial charge in [-0.05, 0) is 24.6 Å². The molecule has 120 valence electrons. The number of aryl methyl sites for hydroxylation is 1. The van der Waals surface area contributed by atoms with Crippen LogP contribution in [0.1, 0.15) is 18.6 Å². The lowest BCUT2D eigenvalue weighted by atomic mass is 10.0. The predicted molar refractivity (Wildman–Crippen MR) is 74.3 cm³/mol. The summed E-state index contributed by atoms with van der Waals surface area (Å²) in [7, 11) is -2.30. The average Bonchev–Trinajstić information content (AvgIpc) is 2.88. The zero-order chi connectivity index (χ0) is 16.5. The predicted octanol–water partition coefficient (Wildman–Crippen LogP) is 1.10. The van der Waals surface area contributed by atoms with Gasteiger partial charge in [-0.25, -0.2) is 21.9 Å². The molecule has 22 heavy (non-hydrogen) atoms. The lowest BCUT2D eigenvalue weighted by molar-refractivity contribution is 0.146. The van der Waals surface area contributed by atoms with Gasteiger partial charge in [0.15, 0.2) is 11.6 Å². The van der Waals surface area contributed by atoms with Crippen molar-refractivity contribution in [3.63, 3.8) is 0 Å². The first-order chi connectivity index (χ1) is 10.2. The fraction of sp³-hybridized carbons (Fsp3) is 0.308. The number of benzene rings is 1. The fourth-order valence-corrected chi connectivity index (χ4v) is 3.13. The van der Waals surface area contributed by atoms with Gasteiger partial charge in [-0.3, -0.25) is 4.68 Å². The molecule has 0 saturated heterocycles. The van der Waals surface area contributed by atoms with Crippen LogP contribution in [0.3, 0.4) is 0 Å². The minimum absolute atomic E-state index is 0.0562. The summed E-state index contributed by atoms with van der Waals surface area (Å²) in [6.07, 6.45) is 1.14. The number of aliphatic hydroxyl groups is 1. The second kappa shape index (κ2) is 6.11. The molecule has 2 unspecified atom stereocenters. The summed E-state index contributed by atoms with van der Waals surface area (Å²) in [4.78, 5) is -0.0562. The van der Waals surface area contributed by atoms with Gasteiger partial charge in [0.05, 0.1) is 12.3 Å². The van der Waals surface area contributed by atoms with Gasteiger partial charge < -0.3 is 5.11 Å². The number of nitrogens with one attached hydrogen (secondary N) is 1. The molecule has 0 bridgehead atoms. The molecule has 0 aliphatic carbocycles. The molecule has 0 spiro atoms. The van der Waals surface area contributed by atoms with Gasteiger partial charge in [0.25, 0.3) is 0 Å². The highest BCUT2D eigenvalue weighted by Gasteiger charge is 2.25. The van der Waals surface area contributed by atoms with E-state index in [0.717, 1.165) is 12.1 Å². The van der Waals surface area contributed by atoms with Crippen LogP contribution in [-0.2, 0) is 17.1 Å². The SMILES string of the molecule is CC(NS(=O)(=O)c1cnn(C)c1)C(O)c1ccc(F)c(F)c1. The minimum Gasteiger partial charge on any atom is -0.387 e. The second-order valence-electron chi connectivity index (χ2n) is 4.88. The first-order valence-electron chi connectivity index (χ1n) is 6.34. The Labute approximate surface area is 126 Å². The summed E-state index contributed by atoms with van der Waals surface area (Å²) in [6.45, 7) is 1.42. The van der Waals surface area contributed by atoms with E-state index in [1.54, 1.807) is 7.05 Å². The topological polar surface area (TPSA) is 84.2 Å². The highest BCUT2D eigenvalue weighted by atomic mass is 32.2. The van der Waals surface area contributed by atoms with Crippen LogP contribution in [0.2, 0.25) is 0 Å². The van der Waals surface area contributed by atoms with E-state index in [-0.39, 0.29) is 10.5 Å². The van der Waals surface area contributed by atoms with Crippen LogP contribution >= 0.6 is 0 Å². The molecule has 0 aliphatic heterocycles. The van der Waals surface area contributed by atoms with E-state index in [2.05, 4.69) is 9.82 Å². The van der Waals surface area contributed by atoms with Crippen molar-refractivity contribution in [1.29, 1.82) is 0 Å². The summed E-state index contributed by atoms with van der Waals surface area (Å²) >= 11 is 0. The standard InChI is InChI=1S/C13H15F2N3O3S/c1-8(13(19)9-3-4-11(14)12(15)5-9)17-22(20,21)10-6-16-18(2)7-10/h3-8,13,17,19H,1-2H3. The summed E-state index contributed by atoms with van der Waals surface area (Å²) < 4.78 is 53.9. The van der Waals surface area contributed by atoms with Gasteiger partial charge in [0.1, 0.15) is 4.90 Å². The van der Waals surface area contributed by atoms with Gasteiger partial charge in [0.2, 0.25) is 10.0 Å². The molecule has 0 aliphatic rings. The molecule has 9 heteroatoms. The lowest BCUT2D eigenvalue weighted by Gasteiger charge is -2.20. The van der Waals surface area contributed by atoms with E-state index >= 15 is 0 Å². The zero-order valence-corrected chi connectivity index (χ0v) is 12.7. The van der Waals surface area contributed by atoms with E-state index in [4.69, 9.17) is 0 Å². The average molecular weight is 331 g/mol. The van der Waals surface area contributed by atoms with Crippen LogP contribution in [-0.4, -0.2) is 29.3 Å². The molecule has 0 fully saturated rings. The maximum atomic E-state index is 13.2. The second-order valence-corrected chi connectivity index (χ2v) is 6.59. The molecule has 6 nitrogen and oxygen atoms in total. The zero-order valence-electron chi connectivity index (χ0n) is 11.9. The Morgan fingerprint density at radius 3 is 2.55 bits per heavy atom. The summed E-state index contributed by atoms with van der Waals surface area (Å²) in [5, 5.41) is 13.8. The van der Waals surface area contributed by atoms with E-state index in [1.165, 1.54) is 30.1 Å². The van der Waals surface area contributed by atoms with E-state index < -0.39 is 33.8 Å². The van der Waals surface area contributed by atoms with Crippen LogP contribution < -0.4 is 4.72 Å². The van der Waals surface area contributed by atoms with Crippen molar-refractivity contribution in [3.05, 3.63) is 47.8 Å². The molecule has 1 aromatic heterocycles.